The molecule has 0 aliphatic carbocycles. The van der Waals surface area contributed by atoms with Crippen molar-refractivity contribution in [3.8, 4) is 0 Å². The highest BCUT2D eigenvalue weighted by Gasteiger charge is 2.28. The Balaban J connectivity index is 2.12. The second kappa shape index (κ2) is 4.33. The lowest BCUT2D eigenvalue weighted by atomic mass is 9.95. The van der Waals surface area contributed by atoms with Crippen molar-refractivity contribution in [3.63, 3.8) is 0 Å². The first-order valence-electron chi connectivity index (χ1n) is 6.06. The quantitative estimate of drug-likeness (QED) is 0.627. The summed E-state index contributed by atoms with van der Waals surface area (Å²) in [5.74, 6) is 0. The lowest BCUT2D eigenvalue weighted by Gasteiger charge is -2.30. The van der Waals surface area contributed by atoms with Gasteiger partial charge in [0.2, 0.25) is 0 Å². The zero-order valence-corrected chi connectivity index (χ0v) is 11.4. The SMILES string of the molecule is [B]c1nn(C)c2c1CN(C(=O)OC(C)(C)C)CC2. The summed E-state index contributed by atoms with van der Waals surface area (Å²) in [6.45, 7) is 6.70. The summed E-state index contributed by atoms with van der Waals surface area (Å²) in [6, 6.07) is 0. The predicted molar refractivity (Wildman–Crippen MR) is 68.9 cm³/mol. The highest BCUT2D eigenvalue weighted by atomic mass is 16.6. The Morgan fingerprint density at radius 2 is 2.11 bits per heavy atom. The first kappa shape index (κ1) is 13.0. The number of carbonyl (C=O) groups is 1. The zero-order chi connectivity index (χ0) is 13.5. The number of aryl methyl sites for hydroxylation is 1. The first-order chi connectivity index (χ1) is 8.28. The van der Waals surface area contributed by atoms with Gasteiger partial charge in [-0.2, -0.15) is 5.10 Å². The maximum absolute atomic E-state index is 12.0. The van der Waals surface area contributed by atoms with Crippen LogP contribution in [-0.4, -0.2) is 40.8 Å². The number of amides is 1. The van der Waals surface area contributed by atoms with Crippen LogP contribution in [0.25, 0.3) is 0 Å². The molecule has 1 aromatic heterocycles. The minimum Gasteiger partial charge on any atom is -0.444 e. The fourth-order valence-corrected chi connectivity index (χ4v) is 2.10. The Hall–Kier alpha value is -1.46. The number of rotatable bonds is 0. The van der Waals surface area contributed by atoms with Crippen LogP contribution in [0.5, 0.6) is 0 Å². The summed E-state index contributed by atoms with van der Waals surface area (Å²) in [4.78, 5) is 13.6. The van der Waals surface area contributed by atoms with Crippen molar-refractivity contribution in [2.24, 2.45) is 7.05 Å². The predicted octanol–water partition coefficient (Wildman–Crippen LogP) is 0.507. The molecule has 0 spiro atoms. The van der Waals surface area contributed by atoms with Gasteiger partial charge in [-0.1, -0.05) is 0 Å². The number of carbonyl (C=O) groups excluding carboxylic acids is 1. The fraction of sp³-hybridized carbons (Fsp3) is 0.667. The smallest absolute Gasteiger partial charge is 0.410 e. The van der Waals surface area contributed by atoms with Crippen molar-refractivity contribution in [1.82, 2.24) is 14.7 Å². The summed E-state index contributed by atoms with van der Waals surface area (Å²) in [5.41, 5.74) is 2.07. The molecule has 1 aliphatic rings. The molecule has 0 bridgehead atoms. The molecule has 96 valence electrons. The van der Waals surface area contributed by atoms with E-state index in [0.717, 1.165) is 17.7 Å². The summed E-state index contributed by atoms with van der Waals surface area (Å²) >= 11 is 0. The summed E-state index contributed by atoms with van der Waals surface area (Å²) in [5, 5.41) is 4.18. The molecule has 0 fully saturated rings. The lowest BCUT2D eigenvalue weighted by molar-refractivity contribution is 0.0223. The van der Waals surface area contributed by atoms with E-state index in [4.69, 9.17) is 12.6 Å². The van der Waals surface area contributed by atoms with Crippen LogP contribution >= 0.6 is 0 Å². The number of aromatic nitrogens is 2. The molecule has 6 heteroatoms. The van der Waals surface area contributed by atoms with Crippen molar-refractivity contribution < 1.29 is 9.53 Å². The van der Waals surface area contributed by atoms with E-state index < -0.39 is 5.60 Å². The van der Waals surface area contributed by atoms with Gasteiger partial charge in [0.25, 0.3) is 0 Å². The highest BCUT2D eigenvalue weighted by Crippen LogP contribution is 2.19. The third-order valence-electron chi connectivity index (χ3n) is 2.93. The molecule has 5 nitrogen and oxygen atoms in total. The molecule has 0 aromatic carbocycles. The second-order valence-corrected chi connectivity index (χ2v) is 5.59. The van der Waals surface area contributed by atoms with Crippen LogP contribution in [0.3, 0.4) is 0 Å². The van der Waals surface area contributed by atoms with Gasteiger partial charge in [0.1, 0.15) is 13.4 Å². The van der Waals surface area contributed by atoms with Gasteiger partial charge in [0.15, 0.2) is 0 Å². The van der Waals surface area contributed by atoms with Crippen LogP contribution in [0, 0.1) is 0 Å². The molecular weight excluding hydrogens is 229 g/mol. The third-order valence-corrected chi connectivity index (χ3v) is 2.93. The standard InChI is InChI=1S/C12H18BN3O2/c1-12(2,3)18-11(17)16-6-5-9-8(7-16)10(13)14-15(9)4/h5-7H2,1-4H3. The Bertz CT molecular complexity index is 476. The van der Waals surface area contributed by atoms with Gasteiger partial charge in [-0.15, -0.1) is 0 Å². The minimum atomic E-state index is -0.474. The van der Waals surface area contributed by atoms with Gasteiger partial charge in [-0.25, -0.2) is 4.79 Å². The average molecular weight is 247 g/mol. The van der Waals surface area contributed by atoms with Crippen LogP contribution in [0.1, 0.15) is 32.0 Å². The molecule has 1 aliphatic heterocycles. The average Bonchev–Trinajstić information content (AvgIpc) is 2.52. The normalized spacial score (nSPS) is 15.4. The summed E-state index contributed by atoms with van der Waals surface area (Å²) in [7, 11) is 7.71. The molecule has 0 N–H and O–H groups in total. The summed E-state index contributed by atoms with van der Waals surface area (Å²) < 4.78 is 7.15. The monoisotopic (exact) mass is 247 g/mol. The Morgan fingerprint density at radius 1 is 1.44 bits per heavy atom. The van der Waals surface area contributed by atoms with Crippen LogP contribution in [0.15, 0.2) is 0 Å². The Labute approximate surface area is 109 Å². The maximum atomic E-state index is 12.0. The van der Waals surface area contributed by atoms with E-state index in [9.17, 15) is 4.79 Å². The largest absolute Gasteiger partial charge is 0.444 e. The van der Waals surface area contributed by atoms with Crippen LogP contribution in [0.4, 0.5) is 4.79 Å². The fourth-order valence-electron chi connectivity index (χ4n) is 2.10. The second-order valence-electron chi connectivity index (χ2n) is 5.59. The number of ether oxygens (including phenoxy) is 1. The van der Waals surface area contributed by atoms with Gasteiger partial charge in [0.05, 0.1) is 6.54 Å². The molecule has 1 amide bonds. The molecule has 2 rings (SSSR count). The van der Waals surface area contributed by atoms with E-state index >= 15 is 0 Å². The minimum absolute atomic E-state index is 0.295. The van der Waals surface area contributed by atoms with Crippen LogP contribution < -0.4 is 5.59 Å². The molecular formula is C12H18BN3O2. The molecule has 0 unspecified atom stereocenters. The van der Waals surface area contributed by atoms with E-state index in [1.807, 2.05) is 27.8 Å². The topological polar surface area (TPSA) is 47.4 Å². The van der Waals surface area contributed by atoms with Crippen LogP contribution in [-0.2, 0) is 24.8 Å². The summed E-state index contributed by atoms with van der Waals surface area (Å²) in [6.07, 6.45) is 0.464. The van der Waals surface area contributed by atoms with Crippen molar-refractivity contribution in [3.05, 3.63) is 11.3 Å². The molecule has 2 heterocycles. The van der Waals surface area contributed by atoms with Crippen molar-refractivity contribution in [1.29, 1.82) is 0 Å². The zero-order valence-electron chi connectivity index (χ0n) is 11.4. The molecule has 2 radical (unpaired) electrons. The highest BCUT2D eigenvalue weighted by molar-refractivity contribution is 6.31. The number of hydrogen-bond donors (Lipinski definition) is 0. The van der Waals surface area contributed by atoms with Gasteiger partial charge in [0, 0.05) is 36.9 Å². The molecule has 0 atom stereocenters. The number of fused-ring (bicyclic) bond motifs is 1. The number of nitrogens with zero attached hydrogens (tertiary/aromatic N) is 3. The molecule has 1 aromatic rings. The van der Waals surface area contributed by atoms with Crippen molar-refractivity contribution in [2.45, 2.75) is 39.3 Å². The van der Waals surface area contributed by atoms with E-state index in [1.54, 1.807) is 9.58 Å². The van der Waals surface area contributed by atoms with Gasteiger partial charge < -0.3 is 9.64 Å². The van der Waals surface area contributed by atoms with Gasteiger partial charge in [-0.3, -0.25) is 4.68 Å². The lowest BCUT2D eigenvalue weighted by Crippen LogP contribution is -2.41. The van der Waals surface area contributed by atoms with E-state index in [-0.39, 0.29) is 6.09 Å². The van der Waals surface area contributed by atoms with Gasteiger partial charge >= 0.3 is 6.09 Å². The van der Waals surface area contributed by atoms with E-state index in [1.165, 1.54) is 0 Å². The van der Waals surface area contributed by atoms with Crippen molar-refractivity contribution in [2.75, 3.05) is 6.54 Å². The van der Waals surface area contributed by atoms with Crippen molar-refractivity contribution >= 4 is 19.5 Å². The first-order valence-corrected chi connectivity index (χ1v) is 6.06. The van der Waals surface area contributed by atoms with E-state index in [2.05, 4.69) is 5.10 Å². The van der Waals surface area contributed by atoms with Crippen LogP contribution in [0.2, 0.25) is 0 Å². The molecule has 0 saturated carbocycles. The molecule has 0 saturated heterocycles. The third kappa shape index (κ3) is 2.52. The molecule has 18 heavy (non-hydrogen) atoms. The number of hydrogen-bond acceptors (Lipinski definition) is 3. The van der Waals surface area contributed by atoms with E-state index in [0.29, 0.717) is 18.7 Å². The van der Waals surface area contributed by atoms with Gasteiger partial charge in [-0.05, 0) is 20.8 Å². The Kier molecular flexibility index (Phi) is 3.13. The Morgan fingerprint density at radius 3 is 2.72 bits per heavy atom. The maximum Gasteiger partial charge on any atom is 0.410 e.